The number of carbonyl (C=O) groups is 2. The number of piperidine rings is 2. The Hall–Kier alpha value is -2.66. The number of carbonyl (C=O) groups excluding carboxylic acids is 2. The van der Waals surface area contributed by atoms with Crippen molar-refractivity contribution in [1.29, 1.82) is 0 Å². The van der Waals surface area contributed by atoms with Crippen LogP contribution in [0, 0.1) is 0 Å². The van der Waals surface area contributed by atoms with Gasteiger partial charge in [-0.15, -0.1) is 0 Å². The molecule has 2 aromatic rings. The van der Waals surface area contributed by atoms with Gasteiger partial charge in [0.2, 0.25) is 11.8 Å². The lowest BCUT2D eigenvalue weighted by molar-refractivity contribution is -0.143. The lowest BCUT2D eigenvalue weighted by atomic mass is 9.99. The Bertz CT molecular complexity index is 840. The predicted octanol–water partition coefficient (Wildman–Crippen LogP) is 3.52. The first-order valence-electron chi connectivity index (χ1n) is 11.1. The van der Waals surface area contributed by atoms with E-state index in [1.165, 1.54) is 5.56 Å². The van der Waals surface area contributed by atoms with Gasteiger partial charge in [-0.1, -0.05) is 60.7 Å². The molecule has 0 aromatic heterocycles. The van der Waals surface area contributed by atoms with Crippen molar-refractivity contribution >= 4 is 11.8 Å². The van der Waals surface area contributed by atoms with Crippen LogP contribution < -0.4 is 5.32 Å². The zero-order valence-electron chi connectivity index (χ0n) is 17.5. The predicted molar refractivity (Wildman–Crippen MR) is 118 cm³/mol. The Morgan fingerprint density at radius 3 is 2.43 bits per heavy atom. The van der Waals surface area contributed by atoms with Crippen molar-refractivity contribution < 1.29 is 9.59 Å². The van der Waals surface area contributed by atoms with E-state index in [0.717, 1.165) is 50.9 Å². The maximum absolute atomic E-state index is 13.4. The number of benzene rings is 2. The van der Waals surface area contributed by atoms with Gasteiger partial charge in [-0.2, -0.15) is 0 Å². The summed E-state index contributed by atoms with van der Waals surface area (Å²) in [6.07, 6.45) is 4.44. The minimum Gasteiger partial charge on any atom is -0.350 e. The lowest BCUT2D eigenvalue weighted by Crippen LogP contribution is -2.52. The third-order valence-corrected chi connectivity index (χ3v) is 6.14. The van der Waals surface area contributed by atoms with E-state index in [1.807, 2.05) is 36.4 Å². The number of nitrogens with zero attached hydrogens (tertiary/aromatic N) is 2. The lowest BCUT2D eigenvalue weighted by Gasteiger charge is -2.37. The van der Waals surface area contributed by atoms with Crippen LogP contribution in [0.4, 0.5) is 0 Å². The molecule has 2 heterocycles. The van der Waals surface area contributed by atoms with Crippen molar-refractivity contribution in [1.82, 2.24) is 15.1 Å². The molecule has 0 bridgehead atoms. The molecule has 2 amide bonds. The molecule has 30 heavy (non-hydrogen) atoms. The van der Waals surface area contributed by atoms with Crippen LogP contribution in [0.15, 0.2) is 60.7 Å². The quantitative estimate of drug-likeness (QED) is 0.800. The highest BCUT2D eigenvalue weighted by Crippen LogP contribution is 2.26. The molecule has 158 valence electrons. The number of nitrogens with one attached hydrogen (secondary N) is 1. The fourth-order valence-electron chi connectivity index (χ4n) is 4.65. The fourth-order valence-corrected chi connectivity index (χ4v) is 4.65. The number of likely N-dealkylation sites (tertiary alicyclic amines) is 2. The van der Waals surface area contributed by atoms with Crippen LogP contribution in [0.25, 0.3) is 0 Å². The van der Waals surface area contributed by atoms with E-state index in [-0.39, 0.29) is 17.9 Å². The van der Waals surface area contributed by atoms with Crippen LogP contribution in [0.2, 0.25) is 0 Å². The summed E-state index contributed by atoms with van der Waals surface area (Å²) in [5.41, 5.74) is 2.19. The molecular formula is C25H31N3O2. The molecule has 0 aliphatic carbocycles. The van der Waals surface area contributed by atoms with Crippen molar-refractivity contribution in [2.45, 2.75) is 50.7 Å². The second kappa shape index (κ2) is 9.90. The molecule has 0 radical (unpaired) electrons. The first-order valence-corrected chi connectivity index (χ1v) is 11.1. The monoisotopic (exact) mass is 405 g/mol. The van der Waals surface area contributed by atoms with E-state index < -0.39 is 6.04 Å². The van der Waals surface area contributed by atoms with Crippen molar-refractivity contribution in [2.24, 2.45) is 0 Å². The highest BCUT2D eigenvalue weighted by molar-refractivity contribution is 5.89. The van der Waals surface area contributed by atoms with E-state index >= 15 is 0 Å². The van der Waals surface area contributed by atoms with Crippen LogP contribution in [0.3, 0.4) is 0 Å². The summed E-state index contributed by atoms with van der Waals surface area (Å²) in [4.78, 5) is 30.2. The molecule has 1 N–H and O–H groups in total. The van der Waals surface area contributed by atoms with Crippen LogP contribution in [0.5, 0.6) is 0 Å². The molecule has 2 fully saturated rings. The minimum atomic E-state index is -0.538. The molecule has 2 atom stereocenters. The molecule has 0 saturated carbocycles. The van der Waals surface area contributed by atoms with Crippen molar-refractivity contribution in [3.8, 4) is 0 Å². The van der Waals surface area contributed by atoms with E-state index in [2.05, 4.69) is 34.5 Å². The van der Waals surface area contributed by atoms with Gasteiger partial charge in [0, 0.05) is 32.1 Å². The van der Waals surface area contributed by atoms with Gasteiger partial charge in [-0.3, -0.25) is 14.5 Å². The van der Waals surface area contributed by atoms with Gasteiger partial charge in [0.1, 0.15) is 6.04 Å². The number of hydrogen-bond acceptors (Lipinski definition) is 3. The van der Waals surface area contributed by atoms with E-state index in [1.54, 1.807) is 4.90 Å². The van der Waals surface area contributed by atoms with Crippen molar-refractivity contribution in [3.63, 3.8) is 0 Å². The SMILES string of the molecule is O=C(NC1CCCN(Cc2ccccc2)C1)C(c1ccccc1)N1CCCCC1=O. The topological polar surface area (TPSA) is 52.7 Å². The van der Waals surface area contributed by atoms with Gasteiger partial charge in [-0.25, -0.2) is 0 Å². The van der Waals surface area contributed by atoms with Gasteiger partial charge in [0.15, 0.2) is 0 Å². The summed E-state index contributed by atoms with van der Waals surface area (Å²) in [6, 6.07) is 19.8. The molecule has 2 aliphatic heterocycles. The summed E-state index contributed by atoms with van der Waals surface area (Å²) in [6.45, 7) is 3.45. The Labute approximate surface area is 179 Å². The van der Waals surface area contributed by atoms with E-state index in [4.69, 9.17) is 0 Å². The second-order valence-electron chi connectivity index (χ2n) is 8.43. The average molecular weight is 406 g/mol. The summed E-state index contributed by atoms with van der Waals surface area (Å²) in [5, 5.41) is 3.28. The van der Waals surface area contributed by atoms with Gasteiger partial charge in [0.05, 0.1) is 0 Å². The molecule has 2 aliphatic rings. The highest BCUT2D eigenvalue weighted by atomic mass is 16.2. The average Bonchev–Trinajstić information content (AvgIpc) is 2.77. The minimum absolute atomic E-state index is 0.0528. The fraction of sp³-hybridized carbons (Fsp3) is 0.440. The van der Waals surface area contributed by atoms with Gasteiger partial charge in [-0.05, 0) is 43.4 Å². The van der Waals surface area contributed by atoms with Crippen molar-refractivity contribution in [3.05, 3.63) is 71.8 Å². The van der Waals surface area contributed by atoms with E-state index in [9.17, 15) is 9.59 Å². The largest absolute Gasteiger partial charge is 0.350 e. The number of amides is 2. The molecule has 0 spiro atoms. The summed E-state index contributed by atoms with van der Waals surface area (Å²) in [7, 11) is 0. The zero-order chi connectivity index (χ0) is 20.8. The summed E-state index contributed by atoms with van der Waals surface area (Å²) in [5.74, 6) is 0.0302. The molecular weight excluding hydrogens is 374 g/mol. The normalized spacial score (nSPS) is 21.3. The third kappa shape index (κ3) is 5.08. The molecule has 2 saturated heterocycles. The first kappa shape index (κ1) is 20.6. The van der Waals surface area contributed by atoms with Crippen LogP contribution >= 0.6 is 0 Å². The van der Waals surface area contributed by atoms with Crippen LogP contribution in [-0.2, 0) is 16.1 Å². The zero-order valence-corrected chi connectivity index (χ0v) is 17.5. The standard InChI is InChI=1S/C25H31N3O2/c29-23-15-7-8-17-28(23)24(21-12-5-2-6-13-21)25(30)26-22-14-9-16-27(19-22)18-20-10-3-1-4-11-20/h1-6,10-13,22,24H,7-9,14-19H2,(H,26,30). The second-order valence-corrected chi connectivity index (χ2v) is 8.43. The summed E-state index contributed by atoms with van der Waals surface area (Å²) < 4.78 is 0. The van der Waals surface area contributed by atoms with Crippen molar-refractivity contribution in [2.75, 3.05) is 19.6 Å². The smallest absolute Gasteiger partial charge is 0.247 e. The first-order chi connectivity index (χ1) is 14.7. The molecule has 5 heteroatoms. The third-order valence-electron chi connectivity index (χ3n) is 6.14. The van der Waals surface area contributed by atoms with Gasteiger partial charge >= 0.3 is 0 Å². The Balaban J connectivity index is 1.44. The molecule has 4 rings (SSSR count). The Morgan fingerprint density at radius 1 is 0.967 bits per heavy atom. The van der Waals surface area contributed by atoms with Crippen LogP contribution in [-0.4, -0.2) is 47.3 Å². The summed E-state index contributed by atoms with van der Waals surface area (Å²) >= 11 is 0. The Morgan fingerprint density at radius 2 is 1.70 bits per heavy atom. The number of hydrogen-bond donors (Lipinski definition) is 1. The molecule has 5 nitrogen and oxygen atoms in total. The molecule has 2 aromatic carbocycles. The highest BCUT2D eigenvalue weighted by Gasteiger charge is 2.34. The maximum atomic E-state index is 13.4. The number of rotatable bonds is 6. The molecule has 2 unspecified atom stereocenters. The Kier molecular flexibility index (Phi) is 6.80. The van der Waals surface area contributed by atoms with Gasteiger partial charge in [0.25, 0.3) is 0 Å². The van der Waals surface area contributed by atoms with E-state index in [0.29, 0.717) is 13.0 Å². The van der Waals surface area contributed by atoms with Crippen LogP contribution in [0.1, 0.15) is 49.3 Å². The maximum Gasteiger partial charge on any atom is 0.247 e. The van der Waals surface area contributed by atoms with Gasteiger partial charge < -0.3 is 10.2 Å².